The molecule has 0 bridgehead atoms. The van der Waals surface area contributed by atoms with E-state index >= 15 is 0 Å². The molecule has 0 spiro atoms. The lowest BCUT2D eigenvalue weighted by atomic mass is 9.97. The average molecular weight is 680 g/mol. The van der Waals surface area contributed by atoms with Gasteiger partial charge < -0.3 is 31.9 Å². The van der Waals surface area contributed by atoms with Crippen molar-refractivity contribution in [1.29, 1.82) is 0 Å². The third-order valence-electron chi connectivity index (χ3n) is 8.37. The Morgan fingerprint density at radius 2 is 1.39 bits per heavy atom. The fourth-order valence-corrected chi connectivity index (χ4v) is 5.38. The van der Waals surface area contributed by atoms with Crippen LogP contribution in [0.2, 0.25) is 0 Å². The average Bonchev–Trinajstić information content (AvgIpc) is 3.08. The van der Waals surface area contributed by atoms with Gasteiger partial charge >= 0.3 is 0 Å². The van der Waals surface area contributed by atoms with E-state index in [1.807, 2.05) is 71.9 Å². The highest BCUT2D eigenvalue weighted by Crippen LogP contribution is 2.12. The molecule has 0 aliphatic rings. The second-order valence-electron chi connectivity index (χ2n) is 13.0. The van der Waals surface area contributed by atoms with Crippen molar-refractivity contribution < 1.29 is 24.0 Å². The SMILES string of the molecule is CCC[C@H](NC(=O)C(NC(=O)c1ccncc1)[C@@H](C)CC)C(=O)NC(CN[C@@H](C)C(=O)N[C@@H](Cc1ccccc1)C(=O)NCC)CC(C)C. The Morgan fingerprint density at radius 3 is 1.98 bits per heavy atom. The van der Waals surface area contributed by atoms with Crippen molar-refractivity contribution >= 4 is 29.5 Å². The maximum Gasteiger partial charge on any atom is 0.252 e. The molecule has 2 rings (SSSR count). The van der Waals surface area contributed by atoms with Crippen LogP contribution in [-0.4, -0.2) is 77.8 Å². The van der Waals surface area contributed by atoms with Gasteiger partial charge in [-0.25, -0.2) is 0 Å². The number of hydrogen-bond donors (Lipinski definition) is 6. The maximum absolute atomic E-state index is 13.6. The van der Waals surface area contributed by atoms with Crippen LogP contribution in [0.25, 0.3) is 0 Å². The minimum absolute atomic E-state index is 0.179. The van der Waals surface area contributed by atoms with Gasteiger partial charge in [-0.05, 0) is 56.2 Å². The first kappa shape index (κ1) is 40.9. The number of rotatable bonds is 21. The van der Waals surface area contributed by atoms with Gasteiger partial charge in [-0.1, -0.05) is 77.8 Å². The van der Waals surface area contributed by atoms with E-state index in [4.69, 9.17) is 0 Å². The number of aromatic nitrogens is 1. The van der Waals surface area contributed by atoms with Crippen molar-refractivity contribution in [2.24, 2.45) is 11.8 Å². The summed E-state index contributed by atoms with van der Waals surface area (Å²) in [5.74, 6) is -1.67. The lowest BCUT2D eigenvalue weighted by Gasteiger charge is -2.29. The Bertz CT molecular complexity index is 1320. The molecule has 2 aromatic rings. The van der Waals surface area contributed by atoms with Crippen molar-refractivity contribution in [3.8, 4) is 0 Å². The molecule has 6 N–H and O–H groups in total. The first-order valence-corrected chi connectivity index (χ1v) is 17.6. The molecule has 12 nitrogen and oxygen atoms in total. The molecular formula is C37H57N7O5. The lowest BCUT2D eigenvalue weighted by molar-refractivity contribution is -0.131. The largest absolute Gasteiger partial charge is 0.355 e. The highest BCUT2D eigenvalue weighted by molar-refractivity contribution is 5.98. The molecule has 49 heavy (non-hydrogen) atoms. The molecular weight excluding hydrogens is 622 g/mol. The summed E-state index contributed by atoms with van der Waals surface area (Å²) in [6.07, 6.45) is 5.71. The molecule has 0 radical (unpaired) electrons. The molecule has 0 aliphatic heterocycles. The summed E-state index contributed by atoms with van der Waals surface area (Å²) in [6.45, 7) is 14.1. The van der Waals surface area contributed by atoms with Gasteiger partial charge in [0.25, 0.3) is 5.91 Å². The number of nitrogens with zero attached hydrogens (tertiary/aromatic N) is 1. The number of hydrogen-bond acceptors (Lipinski definition) is 7. The van der Waals surface area contributed by atoms with Crippen LogP contribution in [-0.2, 0) is 25.6 Å². The minimum atomic E-state index is -0.838. The molecule has 1 heterocycles. The van der Waals surface area contributed by atoms with E-state index in [9.17, 15) is 24.0 Å². The van der Waals surface area contributed by atoms with Crippen molar-refractivity contribution in [2.75, 3.05) is 13.1 Å². The number of amides is 5. The quantitative estimate of drug-likeness (QED) is 0.118. The van der Waals surface area contributed by atoms with Crippen LogP contribution in [0.3, 0.4) is 0 Å². The van der Waals surface area contributed by atoms with Gasteiger partial charge in [0.1, 0.15) is 18.1 Å². The third-order valence-corrected chi connectivity index (χ3v) is 8.37. The summed E-state index contributed by atoms with van der Waals surface area (Å²) in [7, 11) is 0. The van der Waals surface area contributed by atoms with Gasteiger partial charge in [0.15, 0.2) is 0 Å². The zero-order valence-corrected chi connectivity index (χ0v) is 30.2. The van der Waals surface area contributed by atoms with E-state index in [0.717, 1.165) is 5.56 Å². The number of carbonyl (C=O) groups excluding carboxylic acids is 5. The van der Waals surface area contributed by atoms with Gasteiger partial charge in [-0.3, -0.25) is 29.0 Å². The van der Waals surface area contributed by atoms with E-state index in [1.54, 1.807) is 19.1 Å². The van der Waals surface area contributed by atoms with Crippen LogP contribution in [0.1, 0.15) is 90.1 Å². The van der Waals surface area contributed by atoms with E-state index in [0.29, 0.717) is 50.8 Å². The van der Waals surface area contributed by atoms with Gasteiger partial charge in [-0.15, -0.1) is 0 Å². The third kappa shape index (κ3) is 14.4. The standard InChI is InChI=1S/C37H57N7O5/c1-8-14-30(42-37(49)32(25(6)9-2)44-34(46)28-17-19-38-20-18-28)36(48)41-29(21-24(4)5)23-40-26(7)33(45)43-31(35(47)39-10-3)22-27-15-12-11-13-16-27/h11-13,15-20,24-26,29-32,40H,8-10,14,21-23H2,1-7H3,(H,39,47)(H,41,48)(H,42,49)(H,43,45)(H,44,46)/t25-,26-,29?,30-,31-,32?/m0/s1. The number of nitrogens with one attached hydrogen (secondary N) is 6. The first-order chi connectivity index (χ1) is 23.4. The van der Waals surface area contributed by atoms with Gasteiger partial charge in [0.05, 0.1) is 6.04 Å². The summed E-state index contributed by atoms with van der Waals surface area (Å²) in [5.41, 5.74) is 1.32. The van der Waals surface area contributed by atoms with Gasteiger partial charge in [0.2, 0.25) is 23.6 Å². The first-order valence-electron chi connectivity index (χ1n) is 17.6. The van der Waals surface area contributed by atoms with E-state index in [1.165, 1.54) is 12.4 Å². The Morgan fingerprint density at radius 1 is 0.735 bits per heavy atom. The highest BCUT2D eigenvalue weighted by atomic mass is 16.2. The molecule has 6 atom stereocenters. The Labute approximate surface area is 291 Å². The molecule has 0 saturated carbocycles. The van der Waals surface area contributed by atoms with Crippen molar-refractivity contribution in [3.05, 3.63) is 66.0 Å². The molecule has 0 fully saturated rings. The van der Waals surface area contributed by atoms with Crippen LogP contribution >= 0.6 is 0 Å². The van der Waals surface area contributed by atoms with Crippen LogP contribution in [0.5, 0.6) is 0 Å². The Balaban J connectivity index is 2.08. The van der Waals surface area contributed by atoms with E-state index in [2.05, 4.69) is 36.9 Å². The number of pyridine rings is 1. The molecule has 2 unspecified atom stereocenters. The number of carbonyl (C=O) groups is 5. The second kappa shape index (κ2) is 21.6. The summed E-state index contributed by atoms with van der Waals surface area (Å²) in [5, 5.41) is 17.7. The molecule has 0 saturated heterocycles. The zero-order valence-electron chi connectivity index (χ0n) is 30.2. The summed E-state index contributed by atoms with van der Waals surface area (Å²) in [6, 6.07) is 9.29. The second-order valence-corrected chi connectivity index (χ2v) is 13.0. The number of likely N-dealkylation sites (N-methyl/N-ethyl adjacent to an activating group) is 1. The maximum atomic E-state index is 13.6. The Kier molecular flexibility index (Phi) is 18.0. The fourth-order valence-electron chi connectivity index (χ4n) is 5.38. The molecule has 0 aliphatic carbocycles. The number of benzene rings is 1. The van der Waals surface area contributed by atoms with Crippen LogP contribution in [0.15, 0.2) is 54.9 Å². The summed E-state index contributed by atoms with van der Waals surface area (Å²) < 4.78 is 0. The molecule has 1 aromatic heterocycles. The fraction of sp³-hybridized carbons (Fsp3) is 0.568. The normalized spacial score (nSPS) is 14.8. The Hall–Kier alpha value is -4.32. The predicted molar refractivity (Wildman–Crippen MR) is 191 cm³/mol. The highest BCUT2D eigenvalue weighted by Gasteiger charge is 2.31. The topological polar surface area (TPSA) is 170 Å². The van der Waals surface area contributed by atoms with Crippen molar-refractivity contribution in [3.63, 3.8) is 0 Å². The van der Waals surface area contributed by atoms with E-state index < -0.39 is 36.0 Å². The van der Waals surface area contributed by atoms with Crippen LogP contribution < -0.4 is 31.9 Å². The molecule has 12 heteroatoms. The zero-order chi connectivity index (χ0) is 36.3. The summed E-state index contributed by atoms with van der Waals surface area (Å²) >= 11 is 0. The van der Waals surface area contributed by atoms with Crippen molar-refractivity contribution in [1.82, 2.24) is 36.9 Å². The van der Waals surface area contributed by atoms with Gasteiger partial charge in [0, 0.05) is 43.5 Å². The van der Waals surface area contributed by atoms with Crippen LogP contribution in [0, 0.1) is 11.8 Å². The molecule has 270 valence electrons. The molecule has 5 amide bonds. The molecule has 1 aromatic carbocycles. The smallest absolute Gasteiger partial charge is 0.252 e. The van der Waals surface area contributed by atoms with Crippen LogP contribution in [0.4, 0.5) is 0 Å². The van der Waals surface area contributed by atoms with Crippen molar-refractivity contribution in [2.45, 2.75) is 111 Å². The van der Waals surface area contributed by atoms with E-state index in [-0.39, 0.29) is 35.6 Å². The monoisotopic (exact) mass is 679 g/mol. The lowest BCUT2D eigenvalue weighted by Crippen LogP contribution is -2.58. The van der Waals surface area contributed by atoms with Gasteiger partial charge in [-0.2, -0.15) is 0 Å². The summed E-state index contributed by atoms with van der Waals surface area (Å²) in [4.78, 5) is 70.0. The minimum Gasteiger partial charge on any atom is -0.355 e. The predicted octanol–water partition coefficient (Wildman–Crippen LogP) is 2.88.